The van der Waals surface area contributed by atoms with E-state index in [0.29, 0.717) is 16.6 Å². The Kier molecular flexibility index (Phi) is 5.47. The van der Waals surface area contributed by atoms with Crippen molar-refractivity contribution in [1.29, 1.82) is 5.26 Å². The van der Waals surface area contributed by atoms with E-state index in [2.05, 4.69) is 10.5 Å². The summed E-state index contributed by atoms with van der Waals surface area (Å²) < 4.78 is 14.6. The van der Waals surface area contributed by atoms with Crippen LogP contribution in [0.2, 0.25) is 0 Å². The molecule has 0 radical (unpaired) electrons. The largest absolute Gasteiger partial charge is 0.507 e. The molecule has 0 aliphatic rings. The number of phenolic OH excluding ortho intramolecular Hbond substituents is 1. The fourth-order valence-electron chi connectivity index (χ4n) is 3.20. The molecule has 1 amide bonds. The summed E-state index contributed by atoms with van der Waals surface area (Å²) in [4.78, 5) is 25.1. The van der Waals surface area contributed by atoms with Crippen molar-refractivity contribution in [1.82, 2.24) is 9.99 Å². The van der Waals surface area contributed by atoms with Crippen LogP contribution >= 0.6 is 0 Å². The van der Waals surface area contributed by atoms with Gasteiger partial charge in [-0.25, -0.2) is 9.82 Å². The lowest BCUT2D eigenvalue weighted by Crippen LogP contribution is -2.17. The van der Waals surface area contributed by atoms with E-state index in [1.807, 2.05) is 0 Å². The Bertz CT molecular complexity index is 1420. The summed E-state index contributed by atoms with van der Waals surface area (Å²) >= 11 is 0. The minimum absolute atomic E-state index is 0.0152. The Hall–Kier alpha value is -4.77. The molecule has 1 heterocycles. The van der Waals surface area contributed by atoms with Crippen molar-refractivity contribution in [3.8, 4) is 11.8 Å². The summed E-state index contributed by atoms with van der Waals surface area (Å²) in [7, 11) is 0. The van der Waals surface area contributed by atoms with Gasteiger partial charge in [0, 0.05) is 28.3 Å². The second-order valence-corrected chi connectivity index (χ2v) is 6.82. The lowest BCUT2D eigenvalue weighted by Gasteiger charge is -2.05. The first-order valence-electron chi connectivity index (χ1n) is 9.45. The average Bonchev–Trinajstić information content (AvgIpc) is 3.24. The second-order valence-electron chi connectivity index (χ2n) is 6.82. The Labute approximate surface area is 181 Å². The van der Waals surface area contributed by atoms with Gasteiger partial charge in [0.25, 0.3) is 11.8 Å². The van der Waals surface area contributed by atoms with Crippen molar-refractivity contribution in [2.45, 2.75) is 0 Å². The number of rotatable bonds is 4. The van der Waals surface area contributed by atoms with Crippen molar-refractivity contribution in [3.63, 3.8) is 0 Å². The summed E-state index contributed by atoms with van der Waals surface area (Å²) in [5, 5.41) is 23.2. The standard InChI is InChI=1S/C24H15FN4O3/c25-19-7-4-15(5-8-19)24(32)29-11-10-20-17(2-1-3-21(20)29)14-27-28-23(31)16-6-9-22(30)18(12-16)13-26/h1-12,14,30H,(H,28,31)/b27-14+. The molecule has 0 spiro atoms. The van der Waals surface area contributed by atoms with Gasteiger partial charge in [-0.1, -0.05) is 12.1 Å². The molecule has 0 aliphatic heterocycles. The molecule has 0 atom stereocenters. The normalized spacial score (nSPS) is 10.9. The number of aromatic hydroxyl groups is 1. The minimum Gasteiger partial charge on any atom is -0.507 e. The van der Waals surface area contributed by atoms with Gasteiger partial charge in [0.2, 0.25) is 0 Å². The van der Waals surface area contributed by atoms with E-state index in [1.54, 1.807) is 36.5 Å². The highest BCUT2D eigenvalue weighted by Gasteiger charge is 2.13. The summed E-state index contributed by atoms with van der Waals surface area (Å²) in [5.41, 5.74) is 4.17. The third-order valence-electron chi connectivity index (χ3n) is 4.83. The monoisotopic (exact) mass is 426 g/mol. The smallest absolute Gasteiger partial charge is 0.271 e. The molecule has 4 aromatic rings. The number of hydrogen-bond donors (Lipinski definition) is 2. The van der Waals surface area contributed by atoms with E-state index in [4.69, 9.17) is 5.26 Å². The van der Waals surface area contributed by atoms with E-state index in [0.717, 1.165) is 5.39 Å². The highest BCUT2D eigenvalue weighted by Crippen LogP contribution is 2.21. The zero-order chi connectivity index (χ0) is 22.7. The van der Waals surface area contributed by atoms with Crippen LogP contribution in [0.15, 0.2) is 78.0 Å². The Morgan fingerprint density at radius 2 is 1.81 bits per heavy atom. The number of carbonyl (C=O) groups is 2. The number of aromatic nitrogens is 1. The summed E-state index contributed by atoms with van der Waals surface area (Å²) in [6.45, 7) is 0. The molecule has 0 saturated heterocycles. The first-order chi connectivity index (χ1) is 15.5. The summed E-state index contributed by atoms with van der Waals surface area (Å²) in [5.74, 6) is -1.48. The van der Waals surface area contributed by atoms with Crippen LogP contribution in [-0.2, 0) is 0 Å². The number of nitriles is 1. The van der Waals surface area contributed by atoms with Crippen molar-refractivity contribution in [2.24, 2.45) is 5.10 Å². The number of fused-ring (bicyclic) bond motifs is 1. The van der Waals surface area contributed by atoms with Gasteiger partial charge < -0.3 is 5.11 Å². The molecule has 0 aliphatic carbocycles. The number of phenols is 1. The number of carbonyl (C=O) groups excluding carboxylic acids is 2. The molecule has 2 N–H and O–H groups in total. The Morgan fingerprint density at radius 1 is 1.06 bits per heavy atom. The van der Waals surface area contributed by atoms with E-state index < -0.39 is 11.7 Å². The SMILES string of the molecule is N#Cc1cc(C(=O)N/N=C/c2cccc3c2ccn3C(=O)c2ccc(F)cc2)ccc1O. The number of nitrogens with one attached hydrogen (secondary N) is 1. The van der Waals surface area contributed by atoms with Crippen molar-refractivity contribution < 1.29 is 19.1 Å². The lowest BCUT2D eigenvalue weighted by molar-refractivity contribution is 0.0950. The third kappa shape index (κ3) is 3.95. The van der Waals surface area contributed by atoms with Crippen LogP contribution in [0.25, 0.3) is 10.9 Å². The average molecular weight is 426 g/mol. The highest BCUT2D eigenvalue weighted by atomic mass is 19.1. The van der Waals surface area contributed by atoms with Crippen LogP contribution < -0.4 is 5.43 Å². The van der Waals surface area contributed by atoms with Crippen molar-refractivity contribution >= 4 is 28.9 Å². The molecule has 0 saturated carbocycles. The molecular formula is C24H15FN4O3. The zero-order valence-electron chi connectivity index (χ0n) is 16.5. The van der Waals surface area contributed by atoms with Crippen LogP contribution in [0.1, 0.15) is 31.8 Å². The predicted octanol–water partition coefficient (Wildman–Crippen LogP) is 3.81. The number of halogens is 1. The molecule has 8 heteroatoms. The fraction of sp³-hybridized carbons (Fsp3) is 0. The molecule has 7 nitrogen and oxygen atoms in total. The van der Waals surface area contributed by atoms with Crippen LogP contribution in [0.3, 0.4) is 0 Å². The summed E-state index contributed by atoms with van der Waals surface area (Å²) in [6.07, 6.45) is 3.06. The fourth-order valence-corrected chi connectivity index (χ4v) is 3.20. The van der Waals surface area contributed by atoms with E-state index in [-0.39, 0.29) is 22.8 Å². The second kappa shape index (κ2) is 8.53. The van der Waals surface area contributed by atoms with Crippen molar-refractivity contribution in [2.75, 3.05) is 0 Å². The van der Waals surface area contributed by atoms with Gasteiger partial charge >= 0.3 is 0 Å². The maximum atomic E-state index is 13.1. The molecule has 156 valence electrons. The van der Waals surface area contributed by atoms with Gasteiger partial charge in [-0.15, -0.1) is 0 Å². The van der Waals surface area contributed by atoms with Crippen LogP contribution in [-0.4, -0.2) is 27.7 Å². The topological polar surface area (TPSA) is 107 Å². The van der Waals surface area contributed by atoms with Crippen LogP contribution in [0, 0.1) is 17.1 Å². The predicted molar refractivity (Wildman–Crippen MR) is 116 cm³/mol. The first kappa shape index (κ1) is 20.5. The van der Waals surface area contributed by atoms with Gasteiger partial charge in [-0.3, -0.25) is 14.2 Å². The maximum Gasteiger partial charge on any atom is 0.271 e. The minimum atomic E-state index is -0.547. The number of nitrogens with zero attached hydrogens (tertiary/aromatic N) is 3. The lowest BCUT2D eigenvalue weighted by atomic mass is 10.1. The molecule has 0 fully saturated rings. The van der Waals surface area contributed by atoms with Gasteiger partial charge in [0.15, 0.2) is 0 Å². The van der Waals surface area contributed by atoms with Crippen LogP contribution in [0.5, 0.6) is 5.75 Å². The highest BCUT2D eigenvalue weighted by molar-refractivity contribution is 6.06. The van der Waals surface area contributed by atoms with E-state index in [1.165, 1.54) is 53.2 Å². The Morgan fingerprint density at radius 3 is 2.56 bits per heavy atom. The number of benzene rings is 3. The van der Waals surface area contributed by atoms with Gasteiger partial charge in [0.05, 0.1) is 17.3 Å². The van der Waals surface area contributed by atoms with Crippen molar-refractivity contribution in [3.05, 3.63) is 101 Å². The molecule has 4 rings (SSSR count). The quantitative estimate of drug-likeness (QED) is 0.382. The number of hydrogen-bond acceptors (Lipinski definition) is 5. The zero-order valence-corrected chi connectivity index (χ0v) is 16.5. The number of hydrazone groups is 1. The molecule has 3 aromatic carbocycles. The third-order valence-corrected chi connectivity index (χ3v) is 4.83. The Balaban J connectivity index is 1.56. The van der Waals surface area contributed by atoms with Gasteiger partial charge in [0.1, 0.15) is 17.6 Å². The molecule has 0 unspecified atom stereocenters. The number of amides is 1. The van der Waals surface area contributed by atoms with Gasteiger partial charge in [-0.05, 0) is 54.6 Å². The van der Waals surface area contributed by atoms with Gasteiger partial charge in [-0.2, -0.15) is 10.4 Å². The molecule has 1 aromatic heterocycles. The van der Waals surface area contributed by atoms with E-state index in [9.17, 15) is 19.1 Å². The molecule has 0 bridgehead atoms. The maximum absolute atomic E-state index is 13.1. The van der Waals surface area contributed by atoms with Crippen LogP contribution in [0.4, 0.5) is 4.39 Å². The summed E-state index contributed by atoms with van der Waals surface area (Å²) in [6, 6.07) is 18.1. The van der Waals surface area contributed by atoms with E-state index >= 15 is 0 Å². The molecule has 32 heavy (non-hydrogen) atoms. The first-order valence-corrected chi connectivity index (χ1v) is 9.45. The molecular weight excluding hydrogens is 411 g/mol.